The first kappa shape index (κ1) is 20.8. The zero-order valence-electron chi connectivity index (χ0n) is 17.0. The maximum absolute atomic E-state index is 6.11. The molecule has 1 aliphatic rings. The van der Waals surface area contributed by atoms with Crippen LogP contribution >= 0.6 is 0 Å². The molecule has 24 heavy (non-hydrogen) atoms. The van der Waals surface area contributed by atoms with Gasteiger partial charge in [0.05, 0.1) is 0 Å². The Morgan fingerprint density at radius 3 is 2.33 bits per heavy atom. The molecule has 1 nitrogen and oxygen atoms in total. The van der Waals surface area contributed by atoms with Crippen LogP contribution in [0.1, 0.15) is 67.7 Å². The summed E-state index contributed by atoms with van der Waals surface area (Å²) in [5, 5.41) is 0. The Hall–Kier alpha value is -1.24. The highest BCUT2D eigenvalue weighted by atomic mass is 14.6. The fraction of sp³-hybridized carbons (Fsp3) is 0.652. The van der Waals surface area contributed by atoms with Gasteiger partial charge in [0, 0.05) is 11.6 Å². The lowest BCUT2D eigenvalue weighted by Gasteiger charge is -2.51. The molecule has 3 unspecified atom stereocenters. The molecule has 0 saturated heterocycles. The summed E-state index contributed by atoms with van der Waals surface area (Å²) in [6.45, 7) is 16.4. The molecule has 0 aromatic rings. The first-order valence-electron chi connectivity index (χ1n) is 9.65. The number of nitrogens with two attached hydrogens (primary N) is 1. The molecule has 0 aliphatic heterocycles. The highest BCUT2D eigenvalue weighted by Gasteiger charge is 2.47. The Bertz CT molecular complexity index is 504. The molecule has 0 bridgehead atoms. The summed E-state index contributed by atoms with van der Waals surface area (Å²) < 4.78 is 0. The smallest absolute Gasteiger partial charge is 0.0276 e. The van der Waals surface area contributed by atoms with Gasteiger partial charge in [-0.2, -0.15) is 0 Å². The van der Waals surface area contributed by atoms with E-state index in [4.69, 9.17) is 5.73 Å². The number of allylic oxidation sites excluding steroid dienone is 7. The van der Waals surface area contributed by atoms with Crippen molar-refractivity contribution in [2.75, 3.05) is 0 Å². The maximum Gasteiger partial charge on any atom is 0.0276 e. The van der Waals surface area contributed by atoms with Crippen molar-refractivity contribution < 1.29 is 0 Å². The van der Waals surface area contributed by atoms with Crippen LogP contribution in [-0.4, -0.2) is 0 Å². The predicted octanol–water partition coefficient (Wildman–Crippen LogP) is 6.64. The van der Waals surface area contributed by atoms with Crippen LogP contribution in [0.25, 0.3) is 0 Å². The third-order valence-corrected chi connectivity index (χ3v) is 6.65. The molecule has 2 N–H and O–H groups in total. The maximum atomic E-state index is 6.11. The van der Waals surface area contributed by atoms with Gasteiger partial charge in [-0.1, -0.05) is 84.4 Å². The quantitative estimate of drug-likeness (QED) is 0.471. The molecular formula is C23H39N. The van der Waals surface area contributed by atoms with E-state index in [1.807, 2.05) is 0 Å². The standard InChI is InChI=1S/C23H39N/c1-8-10-11-12-16-23(15-9-2,20-13-14-21(24)17-20)19(5)22(6,7)18(3)4/h8,10-14,17-20H,9,15-16,24H2,1-7H3/b10-8-,12-11?. The van der Waals surface area contributed by atoms with Gasteiger partial charge < -0.3 is 5.73 Å². The molecule has 1 rings (SSSR count). The molecule has 0 amide bonds. The van der Waals surface area contributed by atoms with Crippen molar-refractivity contribution in [2.45, 2.75) is 67.7 Å². The van der Waals surface area contributed by atoms with Gasteiger partial charge in [0.25, 0.3) is 0 Å². The summed E-state index contributed by atoms with van der Waals surface area (Å²) in [5.41, 5.74) is 7.53. The lowest BCUT2D eigenvalue weighted by atomic mass is 9.53. The van der Waals surface area contributed by atoms with Crippen molar-refractivity contribution in [2.24, 2.45) is 34.3 Å². The van der Waals surface area contributed by atoms with Gasteiger partial charge in [-0.3, -0.25) is 0 Å². The Morgan fingerprint density at radius 1 is 1.21 bits per heavy atom. The first-order valence-corrected chi connectivity index (χ1v) is 9.65. The largest absolute Gasteiger partial charge is 0.399 e. The SMILES string of the molecule is C/C=C\C=CCC(CCC)(C1C=CC(N)=C1)C(C)C(C)(C)C(C)C. The Kier molecular flexibility index (Phi) is 7.57. The van der Waals surface area contributed by atoms with Crippen molar-refractivity contribution in [3.63, 3.8) is 0 Å². The highest BCUT2D eigenvalue weighted by molar-refractivity contribution is 5.29. The topological polar surface area (TPSA) is 26.0 Å². The molecule has 1 aliphatic carbocycles. The van der Waals surface area contributed by atoms with Crippen LogP contribution in [0, 0.1) is 28.6 Å². The fourth-order valence-corrected chi connectivity index (χ4v) is 4.16. The van der Waals surface area contributed by atoms with E-state index in [1.54, 1.807) is 0 Å². The summed E-state index contributed by atoms with van der Waals surface area (Å²) in [6, 6.07) is 0. The first-order chi connectivity index (χ1) is 11.2. The molecule has 0 saturated carbocycles. The van der Waals surface area contributed by atoms with Gasteiger partial charge >= 0.3 is 0 Å². The summed E-state index contributed by atoms with van der Waals surface area (Å²) in [5.74, 6) is 1.67. The minimum absolute atomic E-state index is 0.220. The second kappa shape index (κ2) is 8.74. The second-order valence-corrected chi connectivity index (χ2v) is 8.39. The van der Waals surface area contributed by atoms with Crippen LogP contribution < -0.4 is 5.73 Å². The van der Waals surface area contributed by atoms with Gasteiger partial charge in [-0.15, -0.1) is 0 Å². The summed E-state index contributed by atoms with van der Waals surface area (Å²) >= 11 is 0. The molecule has 0 aromatic carbocycles. The molecule has 0 fully saturated rings. The second-order valence-electron chi connectivity index (χ2n) is 8.39. The van der Waals surface area contributed by atoms with Crippen molar-refractivity contribution in [1.29, 1.82) is 0 Å². The zero-order chi connectivity index (χ0) is 18.4. The van der Waals surface area contributed by atoms with E-state index in [0.717, 1.165) is 12.1 Å². The van der Waals surface area contributed by atoms with Crippen LogP contribution in [-0.2, 0) is 0 Å². The highest BCUT2D eigenvalue weighted by Crippen LogP contribution is 2.55. The molecule has 1 heteroatoms. The van der Waals surface area contributed by atoms with E-state index in [-0.39, 0.29) is 10.8 Å². The van der Waals surface area contributed by atoms with E-state index in [1.165, 1.54) is 12.8 Å². The lowest BCUT2D eigenvalue weighted by molar-refractivity contribution is 0.000649. The van der Waals surface area contributed by atoms with Gasteiger partial charge in [0.2, 0.25) is 0 Å². The van der Waals surface area contributed by atoms with Gasteiger partial charge in [0.15, 0.2) is 0 Å². The molecular weight excluding hydrogens is 290 g/mol. The monoisotopic (exact) mass is 329 g/mol. The van der Waals surface area contributed by atoms with Crippen molar-refractivity contribution in [1.82, 2.24) is 0 Å². The fourth-order valence-electron chi connectivity index (χ4n) is 4.16. The molecule has 136 valence electrons. The van der Waals surface area contributed by atoms with Crippen LogP contribution in [0.2, 0.25) is 0 Å². The third-order valence-electron chi connectivity index (χ3n) is 6.65. The molecule has 3 atom stereocenters. The summed E-state index contributed by atoms with van der Waals surface area (Å²) in [7, 11) is 0. The van der Waals surface area contributed by atoms with E-state index < -0.39 is 0 Å². The van der Waals surface area contributed by atoms with Gasteiger partial charge in [-0.25, -0.2) is 0 Å². The van der Waals surface area contributed by atoms with Crippen LogP contribution in [0.5, 0.6) is 0 Å². The Morgan fingerprint density at radius 2 is 1.88 bits per heavy atom. The van der Waals surface area contributed by atoms with E-state index in [2.05, 4.69) is 91.0 Å². The Balaban J connectivity index is 3.32. The Labute approximate surface area is 150 Å². The van der Waals surface area contributed by atoms with Crippen molar-refractivity contribution in [3.05, 3.63) is 48.2 Å². The van der Waals surface area contributed by atoms with E-state index in [0.29, 0.717) is 17.8 Å². The number of hydrogen-bond acceptors (Lipinski definition) is 1. The van der Waals surface area contributed by atoms with Gasteiger partial charge in [-0.05, 0) is 48.5 Å². The van der Waals surface area contributed by atoms with Gasteiger partial charge in [0.1, 0.15) is 0 Å². The van der Waals surface area contributed by atoms with Crippen molar-refractivity contribution >= 4 is 0 Å². The van der Waals surface area contributed by atoms with Crippen LogP contribution in [0.15, 0.2) is 48.2 Å². The molecule has 0 heterocycles. The average Bonchev–Trinajstić information content (AvgIpc) is 2.96. The average molecular weight is 330 g/mol. The van der Waals surface area contributed by atoms with E-state index >= 15 is 0 Å². The molecule has 0 spiro atoms. The lowest BCUT2D eigenvalue weighted by Crippen LogP contribution is -2.44. The normalized spacial score (nSPS) is 22.5. The van der Waals surface area contributed by atoms with E-state index in [9.17, 15) is 0 Å². The molecule has 0 aromatic heterocycles. The predicted molar refractivity (Wildman–Crippen MR) is 109 cm³/mol. The van der Waals surface area contributed by atoms with Crippen LogP contribution in [0.3, 0.4) is 0 Å². The summed E-state index contributed by atoms with van der Waals surface area (Å²) in [6.07, 6.45) is 19.0. The minimum Gasteiger partial charge on any atom is -0.399 e. The molecule has 0 radical (unpaired) electrons. The summed E-state index contributed by atoms with van der Waals surface area (Å²) in [4.78, 5) is 0. The third kappa shape index (κ3) is 4.43. The number of hydrogen-bond donors (Lipinski definition) is 1. The zero-order valence-corrected chi connectivity index (χ0v) is 17.0. The van der Waals surface area contributed by atoms with Crippen molar-refractivity contribution in [3.8, 4) is 0 Å². The number of rotatable bonds is 9. The van der Waals surface area contributed by atoms with Crippen LogP contribution in [0.4, 0.5) is 0 Å². The minimum atomic E-state index is 0.220.